The molecule has 0 spiro atoms. The fraction of sp³-hybridized carbons (Fsp3) is 1.00. The highest BCUT2D eigenvalue weighted by Gasteiger charge is 2.30. The standard InChI is InChI=1S/C15H28/c1-2-3-7-14(15-11-12-15)8-5-4-6-13-9-10-13/h13-15H,2-12H2,1H3. The first kappa shape index (κ1) is 11.5. The summed E-state index contributed by atoms with van der Waals surface area (Å²) in [6.07, 6.45) is 16.8. The first-order valence-electron chi connectivity index (χ1n) is 7.40. The summed E-state index contributed by atoms with van der Waals surface area (Å²) in [5.74, 6) is 3.42. The lowest BCUT2D eigenvalue weighted by Gasteiger charge is -2.15. The molecule has 0 heteroatoms. The summed E-state index contributed by atoms with van der Waals surface area (Å²) in [5, 5.41) is 0. The van der Waals surface area contributed by atoms with Gasteiger partial charge in [-0.2, -0.15) is 0 Å². The zero-order valence-electron chi connectivity index (χ0n) is 10.5. The van der Waals surface area contributed by atoms with E-state index in [-0.39, 0.29) is 0 Å². The van der Waals surface area contributed by atoms with E-state index in [2.05, 4.69) is 6.92 Å². The van der Waals surface area contributed by atoms with E-state index in [4.69, 9.17) is 0 Å². The lowest BCUT2D eigenvalue weighted by molar-refractivity contribution is 0.368. The molecule has 2 fully saturated rings. The predicted octanol–water partition coefficient (Wildman–Crippen LogP) is 5.17. The second-order valence-corrected chi connectivity index (χ2v) is 5.97. The molecule has 0 radical (unpaired) electrons. The van der Waals surface area contributed by atoms with E-state index in [1.54, 1.807) is 38.5 Å². The first-order valence-corrected chi connectivity index (χ1v) is 7.40. The van der Waals surface area contributed by atoms with Gasteiger partial charge in [0.1, 0.15) is 0 Å². The van der Waals surface area contributed by atoms with Crippen LogP contribution in [0, 0.1) is 17.8 Å². The number of rotatable bonds is 9. The molecular weight excluding hydrogens is 180 g/mol. The van der Waals surface area contributed by atoms with E-state index in [0.29, 0.717) is 0 Å². The average molecular weight is 208 g/mol. The first-order chi connectivity index (χ1) is 7.40. The second kappa shape index (κ2) is 5.92. The Balaban J connectivity index is 1.51. The van der Waals surface area contributed by atoms with Gasteiger partial charge in [-0.1, -0.05) is 64.7 Å². The molecule has 2 aliphatic rings. The maximum atomic E-state index is 2.33. The minimum Gasteiger partial charge on any atom is -0.0654 e. The summed E-state index contributed by atoms with van der Waals surface area (Å²) in [4.78, 5) is 0. The molecule has 0 heterocycles. The monoisotopic (exact) mass is 208 g/mol. The van der Waals surface area contributed by atoms with Crippen LogP contribution in [0.4, 0.5) is 0 Å². The third kappa shape index (κ3) is 4.57. The van der Waals surface area contributed by atoms with Crippen LogP contribution in [-0.2, 0) is 0 Å². The van der Waals surface area contributed by atoms with Gasteiger partial charge in [-0.25, -0.2) is 0 Å². The molecule has 0 nitrogen and oxygen atoms in total. The van der Waals surface area contributed by atoms with Crippen molar-refractivity contribution in [1.29, 1.82) is 0 Å². The van der Waals surface area contributed by atoms with Crippen LogP contribution in [0.1, 0.15) is 77.6 Å². The molecule has 88 valence electrons. The Bertz CT molecular complexity index is 165. The van der Waals surface area contributed by atoms with Crippen LogP contribution in [0.25, 0.3) is 0 Å². The van der Waals surface area contributed by atoms with Gasteiger partial charge in [0, 0.05) is 0 Å². The van der Waals surface area contributed by atoms with Crippen LogP contribution < -0.4 is 0 Å². The normalized spacial score (nSPS) is 23.0. The number of hydrogen-bond acceptors (Lipinski definition) is 0. The van der Waals surface area contributed by atoms with Crippen LogP contribution in [0.3, 0.4) is 0 Å². The molecule has 1 atom stereocenters. The number of hydrogen-bond donors (Lipinski definition) is 0. The predicted molar refractivity (Wildman–Crippen MR) is 66.9 cm³/mol. The fourth-order valence-corrected chi connectivity index (χ4v) is 2.90. The van der Waals surface area contributed by atoms with Gasteiger partial charge in [0.15, 0.2) is 0 Å². The van der Waals surface area contributed by atoms with Crippen molar-refractivity contribution in [3.05, 3.63) is 0 Å². The Morgan fingerprint density at radius 3 is 2.27 bits per heavy atom. The van der Waals surface area contributed by atoms with Crippen molar-refractivity contribution in [2.75, 3.05) is 0 Å². The van der Waals surface area contributed by atoms with Gasteiger partial charge >= 0.3 is 0 Å². The molecule has 0 aromatic carbocycles. The molecule has 2 rings (SSSR count). The lowest BCUT2D eigenvalue weighted by atomic mass is 9.91. The average Bonchev–Trinajstić information content (AvgIpc) is 3.09. The molecule has 15 heavy (non-hydrogen) atoms. The summed E-state index contributed by atoms with van der Waals surface area (Å²) in [5.41, 5.74) is 0. The van der Waals surface area contributed by atoms with Crippen molar-refractivity contribution in [2.45, 2.75) is 77.6 Å². The van der Waals surface area contributed by atoms with Gasteiger partial charge in [-0.15, -0.1) is 0 Å². The zero-order valence-corrected chi connectivity index (χ0v) is 10.5. The Kier molecular flexibility index (Phi) is 4.53. The fourth-order valence-electron chi connectivity index (χ4n) is 2.90. The molecule has 0 amide bonds. The highest BCUT2D eigenvalue weighted by atomic mass is 14.4. The van der Waals surface area contributed by atoms with Crippen molar-refractivity contribution in [3.63, 3.8) is 0 Å². The maximum Gasteiger partial charge on any atom is -0.0386 e. The van der Waals surface area contributed by atoms with Gasteiger partial charge < -0.3 is 0 Å². The van der Waals surface area contributed by atoms with Crippen molar-refractivity contribution >= 4 is 0 Å². The zero-order chi connectivity index (χ0) is 10.5. The largest absolute Gasteiger partial charge is 0.0654 e. The topological polar surface area (TPSA) is 0 Å². The molecule has 0 aliphatic heterocycles. The summed E-state index contributed by atoms with van der Waals surface area (Å²) < 4.78 is 0. The van der Waals surface area contributed by atoms with E-state index < -0.39 is 0 Å². The van der Waals surface area contributed by atoms with E-state index in [9.17, 15) is 0 Å². The Labute approximate surface area is 95.8 Å². The van der Waals surface area contributed by atoms with Crippen LogP contribution in [0.15, 0.2) is 0 Å². The van der Waals surface area contributed by atoms with E-state index in [1.165, 1.54) is 32.1 Å². The third-order valence-electron chi connectivity index (χ3n) is 4.35. The molecule has 0 N–H and O–H groups in total. The van der Waals surface area contributed by atoms with Gasteiger partial charge in [-0.3, -0.25) is 0 Å². The summed E-state index contributed by atoms with van der Waals surface area (Å²) in [7, 11) is 0. The highest BCUT2D eigenvalue weighted by Crippen LogP contribution is 2.42. The summed E-state index contributed by atoms with van der Waals surface area (Å²) in [6.45, 7) is 2.33. The van der Waals surface area contributed by atoms with Crippen LogP contribution in [-0.4, -0.2) is 0 Å². The molecule has 2 aliphatic carbocycles. The molecule has 0 bridgehead atoms. The van der Waals surface area contributed by atoms with E-state index >= 15 is 0 Å². The lowest BCUT2D eigenvalue weighted by Crippen LogP contribution is -2.03. The van der Waals surface area contributed by atoms with E-state index in [1.807, 2.05) is 0 Å². The van der Waals surface area contributed by atoms with Gasteiger partial charge in [0.2, 0.25) is 0 Å². The van der Waals surface area contributed by atoms with Gasteiger partial charge in [-0.05, 0) is 30.6 Å². The van der Waals surface area contributed by atoms with Gasteiger partial charge in [0.25, 0.3) is 0 Å². The molecule has 0 aromatic rings. The maximum absolute atomic E-state index is 2.33. The third-order valence-corrected chi connectivity index (χ3v) is 4.35. The molecule has 0 aromatic heterocycles. The number of unbranched alkanes of at least 4 members (excludes halogenated alkanes) is 2. The van der Waals surface area contributed by atoms with Gasteiger partial charge in [0.05, 0.1) is 0 Å². The van der Waals surface area contributed by atoms with Crippen LogP contribution in [0.5, 0.6) is 0 Å². The summed E-state index contributed by atoms with van der Waals surface area (Å²) >= 11 is 0. The SMILES string of the molecule is CCCCC(CCCCC1CC1)C1CC1. The molecule has 2 saturated carbocycles. The van der Waals surface area contributed by atoms with Crippen LogP contribution in [0.2, 0.25) is 0 Å². The van der Waals surface area contributed by atoms with Crippen molar-refractivity contribution < 1.29 is 0 Å². The van der Waals surface area contributed by atoms with E-state index in [0.717, 1.165) is 17.8 Å². The minimum atomic E-state index is 1.11. The van der Waals surface area contributed by atoms with Crippen molar-refractivity contribution in [1.82, 2.24) is 0 Å². The molecular formula is C15H28. The Morgan fingerprint density at radius 2 is 1.67 bits per heavy atom. The molecule has 1 unspecified atom stereocenters. The summed E-state index contributed by atoms with van der Waals surface area (Å²) in [6, 6.07) is 0. The van der Waals surface area contributed by atoms with Crippen molar-refractivity contribution in [3.8, 4) is 0 Å². The van der Waals surface area contributed by atoms with Crippen molar-refractivity contribution in [2.24, 2.45) is 17.8 Å². The Hall–Kier alpha value is 0. The Morgan fingerprint density at radius 1 is 0.933 bits per heavy atom. The smallest absolute Gasteiger partial charge is 0.0386 e. The highest BCUT2D eigenvalue weighted by molar-refractivity contribution is 4.81. The minimum absolute atomic E-state index is 1.11. The quantitative estimate of drug-likeness (QED) is 0.458. The van der Waals surface area contributed by atoms with Crippen LogP contribution >= 0.6 is 0 Å². The molecule has 0 saturated heterocycles. The second-order valence-electron chi connectivity index (χ2n) is 5.97.